The molecule has 261 valence electrons. The van der Waals surface area contributed by atoms with Crippen molar-refractivity contribution in [2.45, 2.75) is 114 Å². The summed E-state index contributed by atoms with van der Waals surface area (Å²) in [6.45, 7) is 23.7. The Morgan fingerprint density at radius 3 is 1.96 bits per heavy atom. The number of aromatic nitrogens is 2. The molecule has 4 nitrogen and oxygen atoms in total. The first-order valence-electron chi connectivity index (χ1n) is 17.5. The van der Waals surface area contributed by atoms with Crippen LogP contribution in [0.2, 0.25) is 0 Å². The van der Waals surface area contributed by atoms with Gasteiger partial charge in [-0.25, -0.2) is 0 Å². The van der Waals surface area contributed by atoms with Gasteiger partial charge in [0, 0.05) is 43.7 Å². The molecule has 5 heteroatoms. The van der Waals surface area contributed by atoms with E-state index in [-0.39, 0.29) is 54.3 Å². The molecule has 0 fully saturated rings. The molecule has 1 N–H and O–H groups in total. The molecule has 0 aliphatic heterocycles. The molecule has 0 saturated carbocycles. The Morgan fingerprint density at radius 2 is 1.42 bits per heavy atom. The van der Waals surface area contributed by atoms with Crippen LogP contribution in [0.25, 0.3) is 33.2 Å². The van der Waals surface area contributed by atoms with Gasteiger partial charge < -0.3 is 5.11 Å². The number of aliphatic hydroxyl groups excluding tert-OH is 1. The van der Waals surface area contributed by atoms with Crippen molar-refractivity contribution < 1.29 is 30.0 Å². The molecule has 1 heterocycles. The molecule has 1 radical (unpaired) electrons. The first-order valence-corrected chi connectivity index (χ1v) is 17.5. The molecule has 0 spiro atoms. The Labute approximate surface area is 304 Å². The van der Waals surface area contributed by atoms with Crippen LogP contribution in [0.1, 0.15) is 112 Å². The van der Waals surface area contributed by atoms with E-state index in [1.807, 2.05) is 34.6 Å². The molecular formula is C43H57IrN2O2-. The number of aryl methyl sites for hydroxylation is 1. The van der Waals surface area contributed by atoms with E-state index < -0.39 is 0 Å². The fraction of sp³-hybridized carbons (Fsp3) is 0.465. The summed E-state index contributed by atoms with van der Waals surface area (Å²) < 4.78 is 0. The van der Waals surface area contributed by atoms with Gasteiger partial charge in [0.15, 0.2) is 5.78 Å². The van der Waals surface area contributed by atoms with Crippen molar-refractivity contribution in [2.24, 2.45) is 17.3 Å². The molecule has 0 atom stereocenters. The van der Waals surface area contributed by atoms with Crippen molar-refractivity contribution >= 4 is 16.6 Å². The number of hydrogen-bond donors (Lipinski definition) is 1. The zero-order valence-corrected chi connectivity index (χ0v) is 33.5. The van der Waals surface area contributed by atoms with Gasteiger partial charge in [-0.2, -0.15) is 10.2 Å². The molecule has 4 rings (SSSR count). The minimum atomic E-state index is 0. The van der Waals surface area contributed by atoms with Crippen LogP contribution in [0.4, 0.5) is 0 Å². The molecule has 4 aromatic rings. The molecule has 3 aromatic carbocycles. The van der Waals surface area contributed by atoms with Crippen LogP contribution in [0.3, 0.4) is 0 Å². The van der Waals surface area contributed by atoms with Crippen molar-refractivity contribution in [3.63, 3.8) is 0 Å². The summed E-state index contributed by atoms with van der Waals surface area (Å²) in [4.78, 5) is 11.7. The third kappa shape index (κ3) is 11.2. The van der Waals surface area contributed by atoms with Crippen LogP contribution in [0.15, 0.2) is 72.5 Å². The maximum atomic E-state index is 11.7. The van der Waals surface area contributed by atoms with Gasteiger partial charge in [0.05, 0.1) is 11.5 Å². The summed E-state index contributed by atoms with van der Waals surface area (Å²) in [7, 11) is 0. The SMILES string of the molecule is CCC(CC)C(=O)/C=C(\O)C(CC)CC.Cc1nnc(-c2[c-]c3ccccc3c(C(C)(C)C)c2)cc1-c1ccc(CC(C)(C)C)cc1.[Ir]. The Kier molecular flexibility index (Phi) is 15.4. The number of rotatable bonds is 10. The van der Waals surface area contributed by atoms with E-state index >= 15 is 0 Å². The molecule has 48 heavy (non-hydrogen) atoms. The number of allylic oxidation sites excluding steroid dienone is 2. The summed E-state index contributed by atoms with van der Waals surface area (Å²) in [6.07, 6.45) is 5.97. The van der Waals surface area contributed by atoms with Crippen LogP contribution >= 0.6 is 0 Å². The molecule has 0 amide bonds. The van der Waals surface area contributed by atoms with Crippen LogP contribution < -0.4 is 0 Å². The molecule has 0 aliphatic rings. The Bertz CT molecular complexity index is 1650. The molecule has 1 aromatic heterocycles. The molecule has 0 bridgehead atoms. The summed E-state index contributed by atoms with van der Waals surface area (Å²) in [5.74, 6) is 0.547. The van der Waals surface area contributed by atoms with Crippen molar-refractivity contribution in [2.75, 3.05) is 0 Å². The van der Waals surface area contributed by atoms with Gasteiger partial charge in [0.25, 0.3) is 0 Å². The summed E-state index contributed by atoms with van der Waals surface area (Å²) in [5, 5.41) is 21.2. The Hall–Kier alpha value is -3.14. The van der Waals surface area contributed by atoms with Crippen molar-refractivity contribution in [1.82, 2.24) is 10.2 Å². The minimum Gasteiger partial charge on any atom is -0.512 e. The fourth-order valence-electron chi connectivity index (χ4n) is 6.06. The maximum absolute atomic E-state index is 11.7. The molecule has 0 saturated heterocycles. The number of benzene rings is 3. The van der Waals surface area contributed by atoms with Gasteiger partial charge in [-0.1, -0.05) is 129 Å². The van der Waals surface area contributed by atoms with Gasteiger partial charge in [0.1, 0.15) is 0 Å². The van der Waals surface area contributed by atoms with Crippen molar-refractivity contribution in [1.29, 1.82) is 0 Å². The predicted octanol–water partition coefficient (Wildman–Crippen LogP) is 11.8. The third-order valence-corrected chi connectivity index (χ3v) is 8.92. The number of carbonyl (C=O) groups is 1. The van der Waals surface area contributed by atoms with E-state index in [0.717, 1.165) is 60.0 Å². The van der Waals surface area contributed by atoms with Gasteiger partial charge in [-0.05, 0) is 66.5 Å². The largest absolute Gasteiger partial charge is 0.512 e. The average Bonchev–Trinajstić information content (AvgIpc) is 3.01. The van der Waals surface area contributed by atoms with Crippen molar-refractivity contribution in [3.8, 4) is 22.4 Å². The number of aliphatic hydroxyl groups is 1. The zero-order valence-electron chi connectivity index (χ0n) is 31.1. The van der Waals surface area contributed by atoms with Gasteiger partial charge in [-0.15, -0.1) is 29.1 Å². The summed E-state index contributed by atoms with van der Waals surface area (Å²) in [6, 6.07) is 25.3. The molecule has 0 aliphatic carbocycles. The maximum Gasteiger partial charge on any atom is 0.162 e. The Balaban J connectivity index is 0.000000427. The number of fused-ring (bicyclic) bond motifs is 1. The second kappa shape index (κ2) is 18.0. The standard InChI is InChI=1S/C30H33N2.C13H24O2.Ir/c1-20-26(22-14-12-21(13-15-22)19-29(2,3)4)18-28(32-31-20)24-16-23-10-8-9-11-25(23)27(17-24)30(5,6)7;1-5-10(6-2)12(14)9-13(15)11(7-3)8-4;/h8-15,17-18H,19H2,1-7H3;9-11,14H,5-8H2,1-4H3;/q-1;;/b;12-9-;. The van der Waals surface area contributed by atoms with E-state index in [2.05, 4.69) is 118 Å². The fourth-order valence-corrected chi connectivity index (χ4v) is 6.06. The van der Waals surface area contributed by atoms with E-state index in [1.54, 1.807) is 0 Å². The van der Waals surface area contributed by atoms with E-state index in [0.29, 0.717) is 0 Å². The quantitative estimate of drug-likeness (QED) is 0.0983. The third-order valence-electron chi connectivity index (χ3n) is 8.92. The number of ketones is 1. The van der Waals surface area contributed by atoms with Crippen LogP contribution in [-0.4, -0.2) is 21.1 Å². The second-order valence-corrected chi connectivity index (χ2v) is 15.1. The first kappa shape index (κ1) is 41.0. The number of nitrogens with zero attached hydrogens (tertiary/aromatic N) is 2. The monoisotopic (exact) mass is 826 g/mol. The van der Waals surface area contributed by atoms with Crippen LogP contribution in [0, 0.1) is 30.2 Å². The van der Waals surface area contributed by atoms with Gasteiger partial charge >= 0.3 is 0 Å². The van der Waals surface area contributed by atoms with Gasteiger partial charge in [0.2, 0.25) is 0 Å². The molecule has 0 unspecified atom stereocenters. The minimum absolute atomic E-state index is 0. The average molecular weight is 826 g/mol. The topological polar surface area (TPSA) is 63.1 Å². The first-order chi connectivity index (χ1) is 22.1. The molecular weight excluding hydrogens is 769 g/mol. The second-order valence-electron chi connectivity index (χ2n) is 15.1. The van der Waals surface area contributed by atoms with Crippen molar-refractivity contribution in [3.05, 3.63) is 95.4 Å². The zero-order chi connectivity index (χ0) is 34.9. The number of carbonyl (C=O) groups excluding carboxylic acids is 1. The van der Waals surface area contributed by atoms with E-state index in [1.165, 1.54) is 28.2 Å². The van der Waals surface area contributed by atoms with E-state index in [9.17, 15) is 9.90 Å². The number of hydrogen-bond acceptors (Lipinski definition) is 4. The van der Waals surface area contributed by atoms with Crippen LogP contribution in [0.5, 0.6) is 0 Å². The predicted molar refractivity (Wildman–Crippen MR) is 200 cm³/mol. The normalized spacial score (nSPS) is 12.1. The van der Waals surface area contributed by atoms with Gasteiger partial charge in [-0.3, -0.25) is 4.79 Å². The Morgan fingerprint density at radius 1 is 0.833 bits per heavy atom. The van der Waals surface area contributed by atoms with E-state index in [4.69, 9.17) is 0 Å². The smallest absolute Gasteiger partial charge is 0.162 e. The summed E-state index contributed by atoms with van der Waals surface area (Å²) >= 11 is 0. The van der Waals surface area contributed by atoms with Crippen LogP contribution in [-0.2, 0) is 36.7 Å². The summed E-state index contributed by atoms with van der Waals surface area (Å²) in [5.41, 5.74) is 8.05.